The van der Waals surface area contributed by atoms with Crippen molar-refractivity contribution in [1.82, 2.24) is 0 Å². The van der Waals surface area contributed by atoms with E-state index in [0.717, 1.165) is 12.3 Å². The van der Waals surface area contributed by atoms with Gasteiger partial charge in [-0.15, -0.1) is 0 Å². The van der Waals surface area contributed by atoms with Crippen LogP contribution in [0.2, 0.25) is 0 Å². The van der Waals surface area contributed by atoms with Crippen LogP contribution in [0.25, 0.3) is 0 Å². The minimum atomic E-state index is 0.997. The van der Waals surface area contributed by atoms with E-state index in [1.165, 1.54) is 83.5 Å². The molecular weight excluding hydrogens is 216 g/mol. The number of hydrogen-bond donors (Lipinski definition) is 0. The Morgan fingerprint density at radius 3 is 1.67 bits per heavy atom. The molecule has 0 saturated carbocycles. The third kappa shape index (κ3) is 12.5. The summed E-state index contributed by atoms with van der Waals surface area (Å²) in [6.45, 7) is 8.58. The first-order valence-electron chi connectivity index (χ1n) is 8.64. The summed E-state index contributed by atoms with van der Waals surface area (Å²) in [6.07, 6.45) is 19.8. The van der Waals surface area contributed by atoms with Crippen molar-refractivity contribution in [3.8, 4) is 0 Å². The zero-order chi connectivity index (χ0) is 13.5. The van der Waals surface area contributed by atoms with Crippen molar-refractivity contribution in [2.45, 2.75) is 104 Å². The summed E-state index contributed by atoms with van der Waals surface area (Å²) in [7, 11) is 0. The van der Waals surface area contributed by atoms with Crippen LogP contribution in [0.3, 0.4) is 0 Å². The van der Waals surface area contributed by atoms with E-state index < -0.39 is 0 Å². The summed E-state index contributed by atoms with van der Waals surface area (Å²) >= 11 is 0. The molecule has 0 heterocycles. The molecule has 0 aliphatic carbocycles. The van der Waals surface area contributed by atoms with Crippen molar-refractivity contribution < 1.29 is 0 Å². The fourth-order valence-electron chi connectivity index (χ4n) is 2.73. The molecule has 0 saturated heterocycles. The van der Waals surface area contributed by atoms with E-state index in [-0.39, 0.29) is 0 Å². The molecule has 1 unspecified atom stereocenters. The summed E-state index contributed by atoms with van der Waals surface area (Å²) in [4.78, 5) is 0. The van der Waals surface area contributed by atoms with Gasteiger partial charge in [0.2, 0.25) is 0 Å². The van der Waals surface area contributed by atoms with Crippen LogP contribution < -0.4 is 0 Å². The first kappa shape index (κ1) is 18.0. The van der Waals surface area contributed by atoms with Gasteiger partial charge in [-0.2, -0.15) is 0 Å². The second kappa shape index (κ2) is 15.1. The maximum atomic E-state index is 3.93. The number of rotatable bonds is 14. The normalized spacial score (nSPS) is 12.8. The van der Waals surface area contributed by atoms with Crippen LogP contribution in [-0.2, 0) is 0 Å². The van der Waals surface area contributed by atoms with Crippen molar-refractivity contribution in [3.05, 3.63) is 6.92 Å². The van der Waals surface area contributed by atoms with Crippen LogP contribution in [0.5, 0.6) is 0 Å². The van der Waals surface area contributed by atoms with Gasteiger partial charge >= 0.3 is 0 Å². The summed E-state index contributed by atoms with van der Waals surface area (Å²) in [5.74, 6) is 0.997. The number of hydrogen-bond acceptors (Lipinski definition) is 0. The molecule has 18 heavy (non-hydrogen) atoms. The quantitative estimate of drug-likeness (QED) is 0.294. The van der Waals surface area contributed by atoms with Gasteiger partial charge in [-0.25, -0.2) is 0 Å². The average Bonchev–Trinajstić information content (AvgIpc) is 2.40. The molecule has 0 aromatic rings. The fraction of sp³-hybridized carbons (Fsp3) is 0.944. The molecule has 0 aliphatic heterocycles. The molecule has 0 aromatic heterocycles. The van der Waals surface area contributed by atoms with Crippen molar-refractivity contribution >= 4 is 0 Å². The van der Waals surface area contributed by atoms with Gasteiger partial charge in [0.1, 0.15) is 0 Å². The molecule has 1 radical (unpaired) electrons. The molecule has 0 rings (SSSR count). The topological polar surface area (TPSA) is 0 Å². The van der Waals surface area contributed by atoms with Crippen LogP contribution in [0.1, 0.15) is 104 Å². The molecule has 0 nitrogen and oxygen atoms in total. The molecule has 0 N–H and O–H groups in total. The van der Waals surface area contributed by atoms with Gasteiger partial charge < -0.3 is 0 Å². The average molecular weight is 253 g/mol. The Labute approximate surface area is 117 Å². The van der Waals surface area contributed by atoms with Crippen molar-refractivity contribution in [1.29, 1.82) is 0 Å². The lowest BCUT2D eigenvalue weighted by Crippen LogP contribution is -1.99. The molecule has 0 fully saturated rings. The molecular formula is C18H37. The molecule has 0 spiro atoms. The monoisotopic (exact) mass is 253 g/mol. The molecule has 109 valence electrons. The van der Waals surface area contributed by atoms with E-state index in [0.29, 0.717) is 0 Å². The zero-order valence-electron chi connectivity index (χ0n) is 13.2. The van der Waals surface area contributed by atoms with E-state index in [4.69, 9.17) is 0 Å². The standard InChI is InChI=1S/C18H37/c1-4-7-9-10-11-12-13-15-17-18(6-3)16-14-8-5-2/h18H,2,4-17H2,1,3H3. The molecule has 0 heteroatoms. The molecule has 0 aromatic carbocycles. The maximum Gasteiger partial charge on any atom is -0.0417 e. The predicted molar refractivity (Wildman–Crippen MR) is 84.8 cm³/mol. The van der Waals surface area contributed by atoms with Crippen LogP contribution in [0.15, 0.2) is 0 Å². The Kier molecular flexibility index (Phi) is 15.1. The number of unbranched alkanes of at least 4 members (excludes halogenated alkanes) is 9. The van der Waals surface area contributed by atoms with E-state index in [2.05, 4.69) is 20.8 Å². The largest absolute Gasteiger partial charge is 0.0654 e. The first-order chi connectivity index (χ1) is 8.85. The minimum Gasteiger partial charge on any atom is -0.0654 e. The Morgan fingerprint density at radius 2 is 1.17 bits per heavy atom. The summed E-state index contributed by atoms with van der Waals surface area (Å²) in [6, 6.07) is 0. The lowest BCUT2D eigenvalue weighted by Gasteiger charge is -2.14. The highest BCUT2D eigenvalue weighted by Gasteiger charge is 2.05. The van der Waals surface area contributed by atoms with Crippen molar-refractivity contribution in [2.75, 3.05) is 0 Å². The van der Waals surface area contributed by atoms with E-state index in [1.54, 1.807) is 0 Å². The fourth-order valence-corrected chi connectivity index (χ4v) is 2.73. The molecule has 0 bridgehead atoms. The van der Waals surface area contributed by atoms with Crippen LogP contribution in [-0.4, -0.2) is 0 Å². The van der Waals surface area contributed by atoms with Gasteiger partial charge in [-0.05, 0) is 5.92 Å². The van der Waals surface area contributed by atoms with Crippen LogP contribution >= 0.6 is 0 Å². The van der Waals surface area contributed by atoms with E-state index >= 15 is 0 Å². The Morgan fingerprint density at radius 1 is 0.667 bits per heavy atom. The second-order valence-corrected chi connectivity index (χ2v) is 5.89. The van der Waals surface area contributed by atoms with Crippen LogP contribution in [0.4, 0.5) is 0 Å². The first-order valence-corrected chi connectivity index (χ1v) is 8.64. The molecule has 0 aliphatic rings. The summed E-state index contributed by atoms with van der Waals surface area (Å²) in [5.41, 5.74) is 0. The summed E-state index contributed by atoms with van der Waals surface area (Å²) in [5, 5.41) is 0. The van der Waals surface area contributed by atoms with Gasteiger partial charge in [-0.1, -0.05) is 111 Å². The Bertz CT molecular complexity index is 139. The lowest BCUT2D eigenvalue weighted by atomic mass is 9.92. The van der Waals surface area contributed by atoms with Gasteiger partial charge in [0.05, 0.1) is 0 Å². The minimum absolute atomic E-state index is 0.997. The van der Waals surface area contributed by atoms with Crippen LogP contribution in [0, 0.1) is 12.8 Å². The predicted octanol–water partition coefficient (Wildman–Crippen LogP) is 6.94. The van der Waals surface area contributed by atoms with Gasteiger partial charge in [0.25, 0.3) is 0 Å². The maximum absolute atomic E-state index is 3.93. The smallest absolute Gasteiger partial charge is 0.0417 e. The van der Waals surface area contributed by atoms with Crippen molar-refractivity contribution in [3.63, 3.8) is 0 Å². The third-order valence-corrected chi connectivity index (χ3v) is 4.16. The Hall–Kier alpha value is 0. The van der Waals surface area contributed by atoms with Gasteiger partial charge in [-0.3, -0.25) is 0 Å². The second-order valence-electron chi connectivity index (χ2n) is 5.89. The van der Waals surface area contributed by atoms with E-state index in [1.807, 2.05) is 0 Å². The molecule has 0 amide bonds. The Balaban J connectivity index is 3.23. The summed E-state index contributed by atoms with van der Waals surface area (Å²) < 4.78 is 0. The van der Waals surface area contributed by atoms with Gasteiger partial charge in [0.15, 0.2) is 0 Å². The lowest BCUT2D eigenvalue weighted by molar-refractivity contribution is 0.397. The van der Waals surface area contributed by atoms with E-state index in [9.17, 15) is 0 Å². The highest BCUT2D eigenvalue weighted by Crippen LogP contribution is 2.21. The van der Waals surface area contributed by atoms with Crippen molar-refractivity contribution in [2.24, 2.45) is 5.92 Å². The SMILES string of the molecule is [CH2]CCCCC(CC)CCCCCCCCCC. The molecule has 1 atom stereocenters. The highest BCUT2D eigenvalue weighted by molar-refractivity contribution is 4.59. The highest BCUT2D eigenvalue weighted by atomic mass is 14.1. The zero-order valence-corrected chi connectivity index (χ0v) is 13.2. The third-order valence-electron chi connectivity index (χ3n) is 4.16. The van der Waals surface area contributed by atoms with Gasteiger partial charge in [0, 0.05) is 0 Å².